The second kappa shape index (κ2) is 3.75. The van der Waals surface area contributed by atoms with Crippen molar-refractivity contribution in [1.82, 2.24) is 19.7 Å². The largest absolute Gasteiger partial charge is 0.472 e. The van der Waals surface area contributed by atoms with Gasteiger partial charge in [-0.3, -0.25) is 0 Å². The van der Waals surface area contributed by atoms with E-state index in [1.54, 1.807) is 43.2 Å². The van der Waals surface area contributed by atoms with Gasteiger partial charge in [0, 0.05) is 18.0 Å². The summed E-state index contributed by atoms with van der Waals surface area (Å²) in [4.78, 5) is 8.19. The molecule has 0 bridgehead atoms. The number of anilines is 1. The molecule has 3 aromatic heterocycles. The van der Waals surface area contributed by atoms with Crippen molar-refractivity contribution in [2.75, 3.05) is 5.73 Å². The first-order chi connectivity index (χ1) is 8.34. The highest BCUT2D eigenvalue weighted by molar-refractivity contribution is 5.71. The van der Waals surface area contributed by atoms with E-state index in [9.17, 15) is 0 Å². The summed E-state index contributed by atoms with van der Waals surface area (Å²) in [5.41, 5.74) is 7.93. The van der Waals surface area contributed by atoms with Crippen LogP contribution >= 0.6 is 0 Å². The Bertz CT molecular complexity index is 615. The third-order valence-electron chi connectivity index (χ3n) is 2.29. The first-order valence-corrected chi connectivity index (χ1v) is 5.00. The van der Waals surface area contributed by atoms with Gasteiger partial charge in [-0.1, -0.05) is 0 Å². The Labute approximate surface area is 96.7 Å². The van der Waals surface area contributed by atoms with Crippen LogP contribution in [0.15, 0.2) is 47.7 Å². The molecule has 0 spiro atoms. The maximum absolute atomic E-state index is 5.89. The molecule has 0 saturated carbocycles. The van der Waals surface area contributed by atoms with Crippen LogP contribution in [0.2, 0.25) is 0 Å². The van der Waals surface area contributed by atoms with E-state index in [2.05, 4.69) is 15.1 Å². The smallest absolute Gasteiger partial charge is 0.250 e. The number of hydrogen-bond acceptors (Lipinski definition) is 5. The Balaban J connectivity index is 2.08. The van der Waals surface area contributed by atoms with Crippen molar-refractivity contribution in [3.8, 4) is 17.2 Å². The first kappa shape index (κ1) is 9.59. The average Bonchev–Trinajstić information content (AvgIpc) is 2.99. The molecule has 0 unspecified atom stereocenters. The van der Waals surface area contributed by atoms with Gasteiger partial charge in [0.05, 0.1) is 24.4 Å². The molecular weight excluding hydrogens is 218 g/mol. The summed E-state index contributed by atoms with van der Waals surface area (Å²) >= 11 is 0. The molecular formula is C11H9N5O. The molecule has 2 N–H and O–H groups in total. The quantitative estimate of drug-likeness (QED) is 0.717. The molecule has 0 aromatic carbocycles. The van der Waals surface area contributed by atoms with Gasteiger partial charge in [0.1, 0.15) is 5.69 Å². The second-order valence-electron chi connectivity index (χ2n) is 3.44. The van der Waals surface area contributed by atoms with Crippen LogP contribution in [0, 0.1) is 0 Å². The molecule has 6 heteroatoms. The van der Waals surface area contributed by atoms with Crippen LogP contribution in [0.5, 0.6) is 0 Å². The van der Waals surface area contributed by atoms with Gasteiger partial charge >= 0.3 is 0 Å². The highest BCUT2D eigenvalue weighted by Crippen LogP contribution is 2.24. The number of rotatable bonds is 2. The van der Waals surface area contributed by atoms with E-state index in [4.69, 9.17) is 10.2 Å². The molecule has 0 fully saturated rings. The summed E-state index contributed by atoms with van der Waals surface area (Å²) in [6.45, 7) is 0. The fourth-order valence-electron chi connectivity index (χ4n) is 1.52. The van der Waals surface area contributed by atoms with Crippen LogP contribution in [0.25, 0.3) is 17.2 Å². The van der Waals surface area contributed by atoms with Gasteiger partial charge in [-0.25, -0.2) is 14.6 Å². The third-order valence-corrected chi connectivity index (χ3v) is 2.29. The van der Waals surface area contributed by atoms with Crippen molar-refractivity contribution in [1.29, 1.82) is 0 Å². The summed E-state index contributed by atoms with van der Waals surface area (Å²) in [7, 11) is 0. The summed E-state index contributed by atoms with van der Waals surface area (Å²) in [5, 5.41) is 4.33. The second-order valence-corrected chi connectivity index (χ2v) is 3.44. The van der Waals surface area contributed by atoms with Gasteiger partial charge in [-0.15, -0.1) is 0 Å². The lowest BCUT2D eigenvalue weighted by molar-refractivity contribution is 0.568. The van der Waals surface area contributed by atoms with E-state index < -0.39 is 0 Å². The van der Waals surface area contributed by atoms with Gasteiger partial charge in [-0.2, -0.15) is 5.10 Å². The lowest BCUT2D eigenvalue weighted by Crippen LogP contribution is -2.00. The van der Waals surface area contributed by atoms with Crippen molar-refractivity contribution in [3.63, 3.8) is 0 Å². The number of hydrogen-bond donors (Lipinski definition) is 1. The van der Waals surface area contributed by atoms with E-state index in [-0.39, 0.29) is 0 Å². The number of nitrogens with two attached hydrogens (primary N) is 1. The highest BCUT2D eigenvalue weighted by atomic mass is 16.3. The average molecular weight is 227 g/mol. The van der Waals surface area contributed by atoms with Crippen molar-refractivity contribution < 1.29 is 4.42 Å². The minimum Gasteiger partial charge on any atom is -0.472 e. The van der Waals surface area contributed by atoms with Gasteiger partial charge in [-0.05, 0) is 12.1 Å². The summed E-state index contributed by atoms with van der Waals surface area (Å²) < 4.78 is 6.54. The Morgan fingerprint density at radius 3 is 2.76 bits per heavy atom. The number of nitrogen functional groups attached to an aromatic ring is 1. The van der Waals surface area contributed by atoms with E-state index in [0.29, 0.717) is 17.3 Å². The Hall–Kier alpha value is -2.63. The molecule has 0 amide bonds. The minimum atomic E-state index is 0.481. The van der Waals surface area contributed by atoms with Crippen molar-refractivity contribution in [2.24, 2.45) is 0 Å². The fraction of sp³-hybridized carbons (Fsp3) is 0. The molecule has 0 saturated heterocycles. The van der Waals surface area contributed by atoms with Crippen LogP contribution in [-0.2, 0) is 0 Å². The lowest BCUT2D eigenvalue weighted by atomic mass is 10.2. The van der Waals surface area contributed by atoms with E-state index in [0.717, 1.165) is 5.56 Å². The molecule has 6 nitrogen and oxygen atoms in total. The van der Waals surface area contributed by atoms with Crippen LogP contribution in [0.4, 0.5) is 5.69 Å². The van der Waals surface area contributed by atoms with Crippen LogP contribution in [0.3, 0.4) is 0 Å². The number of aromatic nitrogens is 4. The molecule has 84 valence electrons. The van der Waals surface area contributed by atoms with E-state index >= 15 is 0 Å². The van der Waals surface area contributed by atoms with Crippen LogP contribution < -0.4 is 5.73 Å². The molecule has 0 aliphatic heterocycles. The zero-order valence-corrected chi connectivity index (χ0v) is 8.82. The zero-order valence-electron chi connectivity index (χ0n) is 8.82. The minimum absolute atomic E-state index is 0.481. The number of nitrogens with zero attached hydrogens (tertiary/aromatic N) is 4. The SMILES string of the molecule is Nc1cn(-c2ncccn2)nc1-c1ccoc1. The van der Waals surface area contributed by atoms with Crippen molar-refractivity contribution in [2.45, 2.75) is 0 Å². The van der Waals surface area contributed by atoms with Crippen molar-refractivity contribution >= 4 is 5.69 Å². The predicted molar refractivity (Wildman–Crippen MR) is 61.3 cm³/mol. The maximum atomic E-state index is 5.89. The molecule has 17 heavy (non-hydrogen) atoms. The Kier molecular flexibility index (Phi) is 2.11. The van der Waals surface area contributed by atoms with Gasteiger partial charge in [0.25, 0.3) is 5.95 Å². The lowest BCUT2D eigenvalue weighted by Gasteiger charge is -1.96. The van der Waals surface area contributed by atoms with Crippen LogP contribution in [0.1, 0.15) is 0 Å². The Morgan fingerprint density at radius 2 is 2.06 bits per heavy atom. The highest BCUT2D eigenvalue weighted by Gasteiger charge is 2.11. The fourth-order valence-corrected chi connectivity index (χ4v) is 1.52. The van der Waals surface area contributed by atoms with Crippen LogP contribution in [-0.4, -0.2) is 19.7 Å². The van der Waals surface area contributed by atoms with Gasteiger partial charge in [0.2, 0.25) is 0 Å². The summed E-state index contributed by atoms with van der Waals surface area (Å²) in [5.74, 6) is 0.481. The summed E-state index contributed by atoms with van der Waals surface area (Å²) in [6, 6.07) is 3.54. The molecule has 0 atom stereocenters. The van der Waals surface area contributed by atoms with Gasteiger partial charge < -0.3 is 10.2 Å². The van der Waals surface area contributed by atoms with E-state index in [1.165, 1.54) is 4.68 Å². The standard InChI is InChI=1S/C11H9N5O/c12-9-6-16(11-13-3-1-4-14-11)15-10(9)8-2-5-17-7-8/h1-7H,12H2. The first-order valence-electron chi connectivity index (χ1n) is 5.00. The molecule has 0 radical (unpaired) electrons. The van der Waals surface area contributed by atoms with Gasteiger partial charge in [0.15, 0.2) is 0 Å². The topological polar surface area (TPSA) is 82.8 Å². The molecule has 0 aliphatic carbocycles. The summed E-state index contributed by atoms with van der Waals surface area (Å²) in [6.07, 6.45) is 8.15. The Morgan fingerprint density at radius 1 is 1.24 bits per heavy atom. The zero-order chi connectivity index (χ0) is 11.7. The molecule has 3 aromatic rings. The van der Waals surface area contributed by atoms with E-state index in [1.807, 2.05) is 0 Å². The third kappa shape index (κ3) is 1.65. The molecule has 3 heterocycles. The normalized spacial score (nSPS) is 10.6. The molecule has 3 rings (SSSR count). The number of furan rings is 1. The maximum Gasteiger partial charge on any atom is 0.250 e. The monoisotopic (exact) mass is 227 g/mol. The predicted octanol–water partition coefficient (Wildman–Crippen LogP) is 1.50. The van der Waals surface area contributed by atoms with Crippen molar-refractivity contribution in [3.05, 3.63) is 43.2 Å². The molecule has 0 aliphatic rings.